The smallest absolute Gasteiger partial charge is 0.264 e. The quantitative estimate of drug-likeness (QED) is 0.871. The first kappa shape index (κ1) is 11.2. The lowest BCUT2D eigenvalue weighted by molar-refractivity contribution is 0.0682. The molecular formula is C13H17NO2S. The number of hydrogen-bond acceptors (Lipinski definition) is 3. The molecule has 1 atom stereocenters. The minimum absolute atomic E-state index is 0.0411. The number of aliphatic hydroxyl groups excluding tert-OH is 1. The van der Waals surface area contributed by atoms with E-state index in [0.29, 0.717) is 0 Å². The lowest BCUT2D eigenvalue weighted by Gasteiger charge is -2.22. The topological polar surface area (TPSA) is 40.5 Å². The zero-order valence-electron chi connectivity index (χ0n) is 9.82. The van der Waals surface area contributed by atoms with E-state index in [4.69, 9.17) is 0 Å². The number of thiophene rings is 1. The Kier molecular flexibility index (Phi) is 2.92. The molecule has 0 aromatic carbocycles. The molecule has 4 heteroatoms. The predicted octanol–water partition coefficient (Wildman–Crippen LogP) is 1.83. The molecule has 0 unspecified atom stereocenters. The monoisotopic (exact) mass is 251 g/mol. The number of carbonyl (C=O) groups excluding carboxylic acids is 1. The minimum Gasteiger partial charge on any atom is -0.394 e. The Morgan fingerprint density at radius 3 is 3.12 bits per heavy atom. The molecule has 2 heterocycles. The summed E-state index contributed by atoms with van der Waals surface area (Å²) < 4.78 is 0. The van der Waals surface area contributed by atoms with Crippen LogP contribution in [0.15, 0.2) is 6.07 Å². The molecule has 92 valence electrons. The highest BCUT2D eigenvalue weighted by molar-refractivity contribution is 7.14. The summed E-state index contributed by atoms with van der Waals surface area (Å²) in [6.07, 6.45) is 5.45. The molecule has 1 aromatic heterocycles. The highest BCUT2D eigenvalue weighted by atomic mass is 32.1. The molecule has 1 amide bonds. The summed E-state index contributed by atoms with van der Waals surface area (Å²) in [4.78, 5) is 16.5. The predicted molar refractivity (Wildman–Crippen MR) is 67.5 cm³/mol. The molecule has 3 nitrogen and oxygen atoms in total. The van der Waals surface area contributed by atoms with E-state index in [2.05, 4.69) is 6.07 Å². The summed E-state index contributed by atoms with van der Waals surface area (Å²) in [6, 6.07) is 2.11. The van der Waals surface area contributed by atoms with Crippen LogP contribution in [0.2, 0.25) is 0 Å². The van der Waals surface area contributed by atoms with E-state index >= 15 is 0 Å². The molecule has 17 heavy (non-hydrogen) atoms. The number of fused-ring (bicyclic) bond motifs is 1. The average Bonchev–Trinajstić information content (AvgIpc) is 3.02. The van der Waals surface area contributed by atoms with Crippen molar-refractivity contribution >= 4 is 17.2 Å². The summed E-state index contributed by atoms with van der Waals surface area (Å²) in [6.45, 7) is 0.892. The van der Waals surface area contributed by atoms with Gasteiger partial charge in [0.05, 0.1) is 17.5 Å². The largest absolute Gasteiger partial charge is 0.394 e. The number of hydrogen-bond donors (Lipinski definition) is 1. The Bertz CT molecular complexity index is 419. The third-order valence-corrected chi connectivity index (χ3v) is 5.03. The SMILES string of the molecule is O=C(c1cc2c(s1)CCC2)N1CCC[C@H]1CO. The summed E-state index contributed by atoms with van der Waals surface area (Å²) in [5, 5.41) is 9.26. The van der Waals surface area contributed by atoms with Crippen molar-refractivity contribution in [2.45, 2.75) is 38.1 Å². The highest BCUT2D eigenvalue weighted by Crippen LogP contribution is 2.32. The van der Waals surface area contributed by atoms with E-state index in [1.54, 1.807) is 11.3 Å². The molecule has 1 aliphatic heterocycles. The molecule has 1 aliphatic carbocycles. The number of likely N-dealkylation sites (tertiary alicyclic amines) is 1. The lowest BCUT2D eigenvalue weighted by Crippen LogP contribution is -2.37. The van der Waals surface area contributed by atoms with Gasteiger partial charge in [0.1, 0.15) is 0 Å². The van der Waals surface area contributed by atoms with Gasteiger partial charge in [-0.3, -0.25) is 4.79 Å². The standard InChI is InChI=1S/C13H17NO2S/c15-8-10-4-2-6-14(10)13(16)12-7-9-3-1-5-11(9)17-12/h7,10,15H,1-6,8H2/t10-/m0/s1. The van der Waals surface area contributed by atoms with Crippen LogP contribution in [0.4, 0.5) is 0 Å². The van der Waals surface area contributed by atoms with Crippen molar-refractivity contribution in [2.24, 2.45) is 0 Å². The molecule has 1 saturated heterocycles. The van der Waals surface area contributed by atoms with Crippen molar-refractivity contribution in [1.29, 1.82) is 0 Å². The molecule has 0 bridgehead atoms. The minimum atomic E-state index is 0.0411. The van der Waals surface area contributed by atoms with Crippen LogP contribution in [0.1, 0.15) is 39.4 Å². The van der Waals surface area contributed by atoms with Crippen molar-refractivity contribution in [3.63, 3.8) is 0 Å². The van der Waals surface area contributed by atoms with Crippen molar-refractivity contribution in [1.82, 2.24) is 4.90 Å². The van der Waals surface area contributed by atoms with Crippen LogP contribution in [0.3, 0.4) is 0 Å². The van der Waals surface area contributed by atoms with E-state index < -0.39 is 0 Å². The Balaban J connectivity index is 1.81. The van der Waals surface area contributed by atoms with Crippen LogP contribution in [-0.2, 0) is 12.8 Å². The Morgan fingerprint density at radius 1 is 1.47 bits per heavy atom. The third kappa shape index (κ3) is 1.89. The molecule has 2 aliphatic rings. The van der Waals surface area contributed by atoms with Crippen LogP contribution in [0, 0.1) is 0 Å². The van der Waals surface area contributed by atoms with Gasteiger partial charge in [-0.05, 0) is 43.7 Å². The second kappa shape index (κ2) is 4.42. The average molecular weight is 251 g/mol. The maximum atomic E-state index is 12.3. The molecule has 1 N–H and O–H groups in total. The van der Waals surface area contributed by atoms with Gasteiger partial charge < -0.3 is 10.0 Å². The normalized spacial score (nSPS) is 23.1. The van der Waals surface area contributed by atoms with Crippen LogP contribution in [0.5, 0.6) is 0 Å². The summed E-state index contributed by atoms with van der Waals surface area (Å²) in [7, 11) is 0. The Labute approximate surface area is 105 Å². The molecule has 0 spiro atoms. The van der Waals surface area contributed by atoms with Gasteiger partial charge in [0.25, 0.3) is 5.91 Å². The van der Waals surface area contributed by atoms with Crippen LogP contribution in [-0.4, -0.2) is 35.1 Å². The first-order valence-corrected chi connectivity index (χ1v) is 7.14. The van der Waals surface area contributed by atoms with E-state index in [-0.39, 0.29) is 18.6 Å². The number of nitrogens with zero attached hydrogens (tertiary/aromatic N) is 1. The lowest BCUT2D eigenvalue weighted by atomic mass is 10.2. The van der Waals surface area contributed by atoms with Gasteiger partial charge >= 0.3 is 0 Å². The second-order valence-corrected chi connectivity index (χ2v) is 6.03. The number of rotatable bonds is 2. The first-order valence-electron chi connectivity index (χ1n) is 6.33. The number of aliphatic hydroxyl groups is 1. The molecule has 0 saturated carbocycles. The van der Waals surface area contributed by atoms with E-state index in [1.165, 1.54) is 16.9 Å². The van der Waals surface area contributed by atoms with Crippen LogP contribution < -0.4 is 0 Å². The molecule has 0 radical (unpaired) electrons. The number of carbonyl (C=O) groups is 1. The Hall–Kier alpha value is -0.870. The van der Waals surface area contributed by atoms with Gasteiger partial charge in [0, 0.05) is 11.4 Å². The van der Waals surface area contributed by atoms with Crippen molar-refractivity contribution < 1.29 is 9.90 Å². The molecule has 3 rings (SSSR count). The van der Waals surface area contributed by atoms with Gasteiger partial charge in [0.2, 0.25) is 0 Å². The third-order valence-electron chi connectivity index (χ3n) is 3.81. The second-order valence-electron chi connectivity index (χ2n) is 4.89. The highest BCUT2D eigenvalue weighted by Gasteiger charge is 2.30. The molecule has 1 aromatic rings. The summed E-state index contributed by atoms with van der Waals surface area (Å²) >= 11 is 1.66. The van der Waals surface area contributed by atoms with Gasteiger partial charge in [-0.25, -0.2) is 0 Å². The van der Waals surface area contributed by atoms with Gasteiger partial charge in [-0.15, -0.1) is 11.3 Å². The van der Waals surface area contributed by atoms with Crippen molar-refractivity contribution in [2.75, 3.05) is 13.2 Å². The van der Waals surface area contributed by atoms with Crippen molar-refractivity contribution in [3.8, 4) is 0 Å². The zero-order valence-corrected chi connectivity index (χ0v) is 10.6. The van der Waals surface area contributed by atoms with Gasteiger partial charge in [-0.1, -0.05) is 0 Å². The fraction of sp³-hybridized carbons (Fsp3) is 0.615. The van der Waals surface area contributed by atoms with Gasteiger partial charge in [0.15, 0.2) is 0 Å². The number of aryl methyl sites for hydroxylation is 2. The van der Waals surface area contributed by atoms with Crippen LogP contribution in [0.25, 0.3) is 0 Å². The van der Waals surface area contributed by atoms with Crippen LogP contribution >= 0.6 is 11.3 Å². The summed E-state index contributed by atoms with van der Waals surface area (Å²) in [5.74, 6) is 0.126. The molecule has 1 fully saturated rings. The Morgan fingerprint density at radius 2 is 2.35 bits per heavy atom. The van der Waals surface area contributed by atoms with Crippen molar-refractivity contribution in [3.05, 3.63) is 21.4 Å². The maximum Gasteiger partial charge on any atom is 0.264 e. The first-order chi connectivity index (χ1) is 8.29. The zero-order chi connectivity index (χ0) is 11.8. The van der Waals surface area contributed by atoms with E-state index in [1.807, 2.05) is 4.90 Å². The van der Waals surface area contributed by atoms with E-state index in [9.17, 15) is 9.90 Å². The summed E-state index contributed by atoms with van der Waals surface area (Å²) in [5.41, 5.74) is 1.37. The maximum absolute atomic E-state index is 12.3. The van der Waals surface area contributed by atoms with E-state index in [0.717, 1.165) is 37.1 Å². The van der Waals surface area contributed by atoms with Gasteiger partial charge in [-0.2, -0.15) is 0 Å². The fourth-order valence-electron chi connectivity index (χ4n) is 2.87. The molecular weight excluding hydrogens is 234 g/mol. The fourth-order valence-corrected chi connectivity index (χ4v) is 4.08. The number of amides is 1.